The van der Waals surface area contributed by atoms with Gasteiger partial charge in [0.25, 0.3) is 0 Å². The number of pyridine rings is 1. The molecule has 3 unspecified atom stereocenters. The Bertz CT molecular complexity index is 350. The maximum atomic E-state index is 4.21. The van der Waals surface area contributed by atoms with Crippen LogP contribution in [-0.2, 0) is 0 Å². The number of hydrogen-bond acceptors (Lipinski definition) is 2. The van der Waals surface area contributed by atoms with Crippen molar-refractivity contribution in [2.45, 2.75) is 70.9 Å². The van der Waals surface area contributed by atoms with Gasteiger partial charge in [0.1, 0.15) is 0 Å². The number of nitrogens with one attached hydrogen (secondary N) is 1. The third-order valence-corrected chi connectivity index (χ3v) is 4.46. The van der Waals surface area contributed by atoms with Crippen LogP contribution in [0.4, 0.5) is 0 Å². The van der Waals surface area contributed by atoms with Crippen LogP contribution in [0.15, 0.2) is 24.5 Å². The van der Waals surface area contributed by atoms with E-state index in [1.807, 2.05) is 18.5 Å². The van der Waals surface area contributed by atoms with E-state index >= 15 is 0 Å². The quantitative estimate of drug-likeness (QED) is 0.789. The molecule has 106 valence electrons. The molecule has 0 aromatic carbocycles. The molecule has 1 aliphatic rings. The lowest BCUT2D eigenvalue weighted by molar-refractivity contribution is 0.392. The van der Waals surface area contributed by atoms with Crippen molar-refractivity contribution in [3.8, 4) is 0 Å². The summed E-state index contributed by atoms with van der Waals surface area (Å²) >= 11 is 0. The Labute approximate surface area is 118 Å². The molecule has 1 aromatic rings. The largest absolute Gasteiger partial charge is 0.307 e. The van der Waals surface area contributed by atoms with E-state index in [4.69, 9.17) is 0 Å². The SMILES string of the molecule is CCCC1CCCC(NC(C)c2cccnc2)CC1. The highest BCUT2D eigenvalue weighted by Gasteiger charge is 2.19. The fourth-order valence-electron chi connectivity index (χ4n) is 3.32. The molecule has 3 atom stereocenters. The molecule has 2 rings (SSSR count). The standard InChI is InChI=1S/C17H28N2/c1-3-6-15-7-4-9-17(11-10-15)19-14(2)16-8-5-12-18-13-16/h5,8,12-15,17,19H,3-4,6-7,9-11H2,1-2H3. The lowest BCUT2D eigenvalue weighted by Gasteiger charge is -2.22. The number of nitrogens with zero attached hydrogens (tertiary/aromatic N) is 1. The summed E-state index contributed by atoms with van der Waals surface area (Å²) < 4.78 is 0. The van der Waals surface area contributed by atoms with Crippen LogP contribution >= 0.6 is 0 Å². The zero-order valence-corrected chi connectivity index (χ0v) is 12.4. The van der Waals surface area contributed by atoms with E-state index in [-0.39, 0.29) is 0 Å². The molecule has 0 bridgehead atoms. The monoisotopic (exact) mass is 260 g/mol. The molecule has 1 aromatic heterocycles. The van der Waals surface area contributed by atoms with Gasteiger partial charge in [0, 0.05) is 24.5 Å². The molecule has 1 saturated carbocycles. The van der Waals surface area contributed by atoms with Gasteiger partial charge in [0.05, 0.1) is 0 Å². The van der Waals surface area contributed by atoms with E-state index in [9.17, 15) is 0 Å². The lowest BCUT2D eigenvalue weighted by atomic mass is 9.95. The van der Waals surface area contributed by atoms with E-state index in [0.29, 0.717) is 12.1 Å². The summed E-state index contributed by atoms with van der Waals surface area (Å²) in [6.07, 6.45) is 13.5. The van der Waals surface area contributed by atoms with E-state index in [2.05, 4.69) is 30.2 Å². The molecule has 0 aliphatic heterocycles. The van der Waals surface area contributed by atoms with Crippen LogP contribution in [-0.4, -0.2) is 11.0 Å². The molecular formula is C17H28N2. The van der Waals surface area contributed by atoms with Crippen molar-refractivity contribution >= 4 is 0 Å². The third-order valence-electron chi connectivity index (χ3n) is 4.46. The molecule has 0 saturated heterocycles. The van der Waals surface area contributed by atoms with Gasteiger partial charge in [-0.1, -0.05) is 38.7 Å². The predicted molar refractivity (Wildman–Crippen MR) is 81.1 cm³/mol. The van der Waals surface area contributed by atoms with E-state index in [1.165, 1.54) is 50.5 Å². The minimum Gasteiger partial charge on any atom is -0.307 e. The maximum absolute atomic E-state index is 4.21. The van der Waals surface area contributed by atoms with Crippen LogP contribution in [0.25, 0.3) is 0 Å². The first-order valence-corrected chi connectivity index (χ1v) is 7.95. The average molecular weight is 260 g/mol. The normalized spacial score (nSPS) is 25.8. The highest BCUT2D eigenvalue weighted by atomic mass is 14.9. The highest BCUT2D eigenvalue weighted by molar-refractivity contribution is 5.13. The van der Waals surface area contributed by atoms with Gasteiger partial charge in [-0.15, -0.1) is 0 Å². The molecule has 1 aliphatic carbocycles. The number of hydrogen-bond donors (Lipinski definition) is 1. The van der Waals surface area contributed by atoms with Crippen LogP contribution in [0.2, 0.25) is 0 Å². The second-order valence-corrected chi connectivity index (χ2v) is 6.03. The van der Waals surface area contributed by atoms with Crippen molar-refractivity contribution in [1.82, 2.24) is 10.3 Å². The molecule has 0 spiro atoms. The van der Waals surface area contributed by atoms with Crippen LogP contribution in [0.5, 0.6) is 0 Å². The molecule has 1 N–H and O–H groups in total. The van der Waals surface area contributed by atoms with Gasteiger partial charge in [-0.05, 0) is 43.7 Å². The molecule has 0 amide bonds. The highest BCUT2D eigenvalue weighted by Crippen LogP contribution is 2.27. The number of aromatic nitrogens is 1. The molecule has 19 heavy (non-hydrogen) atoms. The molecule has 2 nitrogen and oxygen atoms in total. The van der Waals surface area contributed by atoms with Gasteiger partial charge >= 0.3 is 0 Å². The van der Waals surface area contributed by atoms with E-state index in [1.54, 1.807) is 0 Å². The van der Waals surface area contributed by atoms with Gasteiger partial charge < -0.3 is 5.32 Å². The van der Waals surface area contributed by atoms with Gasteiger partial charge in [-0.2, -0.15) is 0 Å². The first-order chi connectivity index (χ1) is 9.29. The van der Waals surface area contributed by atoms with Crippen molar-refractivity contribution in [3.63, 3.8) is 0 Å². The van der Waals surface area contributed by atoms with Crippen molar-refractivity contribution in [3.05, 3.63) is 30.1 Å². The van der Waals surface area contributed by atoms with Crippen molar-refractivity contribution in [1.29, 1.82) is 0 Å². The Morgan fingerprint density at radius 3 is 2.95 bits per heavy atom. The Morgan fingerprint density at radius 2 is 2.21 bits per heavy atom. The zero-order chi connectivity index (χ0) is 13.5. The molecule has 0 radical (unpaired) electrons. The summed E-state index contributed by atoms with van der Waals surface area (Å²) in [6.45, 7) is 4.57. The Hall–Kier alpha value is -0.890. The molecule has 1 heterocycles. The first kappa shape index (κ1) is 14.5. The Kier molecular flexibility index (Phi) is 5.84. The van der Waals surface area contributed by atoms with Crippen molar-refractivity contribution < 1.29 is 0 Å². The van der Waals surface area contributed by atoms with E-state index < -0.39 is 0 Å². The smallest absolute Gasteiger partial charge is 0.0315 e. The second-order valence-electron chi connectivity index (χ2n) is 6.03. The van der Waals surface area contributed by atoms with Gasteiger partial charge in [0.2, 0.25) is 0 Å². The van der Waals surface area contributed by atoms with Gasteiger partial charge in [0.15, 0.2) is 0 Å². The summed E-state index contributed by atoms with van der Waals surface area (Å²) in [5.41, 5.74) is 1.30. The summed E-state index contributed by atoms with van der Waals surface area (Å²) in [5, 5.41) is 3.80. The predicted octanol–water partition coefficient (Wildman–Crippen LogP) is 4.48. The third kappa shape index (κ3) is 4.61. The molecular weight excluding hydrogens is 232 g/mol. The topological polar surface area (TPSA) is 24.9 Å². The van der Waals surface area contributed by atoms with Gasteiger partial charge in [-0.3, -0.25) is 4.98 Å². The zero-order valence-electron chi connectivity index (χ0n) is 12.4. The minimum atomic E-state index is 0.418. The summed E-state index contributed by atoms with van der Waals surface area (Å²) in [5.74, 6) is 0.977. The van der Waals surface area contributed by atoms with Crippen LogP contribution in [0.1, 0.15) is 70.4 Å². The fourth-order valence-corrected chi connectivity index (χ4v) is 3.32. The number of rotatable bonds is 5. The minimum absolute atomic E-state index is 0.418. The molecule has 1 fully saturated rings. The molecule has 2 heteroatoms. The lowest BCUT2D eigenvalue weighted by Crippen LogP contribution is -2.31. The van der Waals surface area contributed by atoms with Crippen molar-refractivity contribution in [2.75, 3.05) is 0 Å². The van der Waals surface area contributed by atoms with Crippen molar-refractivity contribution in [2.24, 2.45) is 5.92 Å². The first-order valence-electron chi connectivity index (χ1n) is 7.95. The van der Waals surface area contributed by atoms with Crippen LogP contribution in [0, 0.1) is 5.92 Å². The van der Waals surface area contributed by atoms with E-state index in [0.717, 1.165) is 5.92 Å². The average Bonchev–Trinajstić information content (AvgIpc) is 2.66. The summed E-state index contributed by atoms with van der Waals surface area (Å²) in [4.78, 5) is 4.21. The van der Waals surface area contributed by atoms with Gasteiger partial charge in [-0.25, -0.2) is 0 Å². The maximum Gasteiger partial charge on any atom is 0.0315 e. The fraction of sp³-hybridized carbons (Fsp3) is 0.706. The Balaban J connectivity index is 1.83. The second kappa shape index (κ2) is 7.64. The Morgan fingerprint density at radius 1 is 1.32 bits per heavy atom. The van der Waals surface area contributed by atoms with Crippen LogP contribution in [0.3, 0.4) is 0 Å². The van der Waals surface area contributed by atoms with Crippen LogP contribution < -0.4 is 5.32 Å². The summed E-state index contributed by atoms with van der Waals surface area (Å²) in [6, 6.07) is 5.30. The summed E-state index contributed by atoms with van der Waals surface area (Å²) in [7, 11) is 0.